The number of hydrogen-bond donors (Lipinski definition) is 1. The van der Waals surface area contributed by atoms with E-state index in [0.29, 0.717) is 25.1 Å². The standard InChI is InChI=1S/C19H22N2O3/c1-20-9-5-8-17(20)18(23)12-15-11-16(22)13-21(15)19(24)10-14-6-3-2-4-7-14/h2-9,15-16,22H,10-13H2,1H3/t15-,16+/m0/s1. The van der Waals surface area contributed by atoms with Gasteiger partial charge in [0.05, 0.1) is 18.2 Å². The summed E-state index contributed by atoms with van der Waals surface area (Å²) in [6, 6.07) is 12.9. The van der Waals surface area contributed by atoms with E-state index in [2.05, 4.69) is 0 Å². The summed E-state index contributed by atoms with van der Waals surface area (Å²) in [6.07, 6.45) is 2.26. The van der Waals surface area contributed by atoms with Gasteiger partial charge in [0.2, 0.25) is 5.91 Å². The number of aliphatic hydroxyl groups is 1. The lowest BCUT2D eigenvalue weighted by Crippen LogP contribution is -2.38. The zero-order valence-corrected chi connectivity index (χ0v) is 13.8. The molecule has 24 heavy (non-hydrogen) atoms. The minimum Gasteiger partial charge on any atom is -0.391 e. The summed E-state index contributed by atoms with van der Waals surface area (Å²) in [6.45, 7) is 0.302. The molecule has 0 unspecified atom stereocenters. The van der Waals surface area contributed by atoms with Crippen molar-refractivity contribution in [3.05, 3.63) is 59.9 Å². The van der Waals surface area contributed by atoms with Crippen LogP contribution in [-0.4, -0.2) is 45.0 Å². The molecule has 1 saturated heterocycles. The Balaban J connectivity index is 1.69. The highest BCUT2D eigenvalue weighted by atomic mass is 16.3. The van der Waals surface area contributed by atoms with E-state index in [4.69, 9.17) is 0 Å². The summed E-state index contributed by atoms with van der Waals surface area (Å²) in [5, 5.41) is 9.97. The molecule has 1 aliphatic heterocycles. The largest absolute Gasteiger partial charge is 0.391 e. The van der Waals surface area contributed by atoms with Crippen molar-refractivity contribution in [1.82, 2.24) is 9.47 Å². The maximum absolute atomic E-state index is 12.6. The first-order valence-electron chi connectivity index (χ1n) is 8.20. The molecular formula is C19H22N2O3. The lowest BCUT2D eigenvalue weighted by molar-refractivity contribution is -0.131. The van der Waals surface area contributed by atoms with Gasteiger partial charge in [0.1, 0.15) is 0 Å². The van der Waals surface area contributed by atoms with Gasteiger partial charge in [-0.1, -0.05) is 30.3 Å². The molecule has 1 fully saturated rings. The second-order valence-corrected chi connectivity index (χ2v) is 6.38. The highest BCUT2D eigenvalue weighted by molar-refractivity contribution is 5.95. The Hall–Kier alpha value is -2.40. The van der Waals surface area contributed by atoms with Crippen molar-refractivity contribution in [2.24, 2.45) is 7.05 Å². The third-order valence-corrected chi connectivity index (χ3v) is 4.56. The predicted molar refractivity (Wildman–Crippen MR) is 90.6 cm³/mol. The van der Waals surface area contributed by atoms with Crippen LogP contribution in [0.4, 0.5) is 0 Å². The van der Waals surface area contributed by atoms with Crippen LogP contribution < -0.4 is 0 Å². The van der Waals surface area contributed by atoms with E-state index in [1.165, 1.54) is 0 Å². The second kappa shape index (κ2) is 7.01. The number of aliphatic hydroxyl groups excluding tert-OH is 1. The van der Waals surface area contributed by atoms with E-state index in [1.807, 2.05) is 49.6 Å². The third-order valence-electron chi connectivity index (χ3n) is 4.56. The summed E-state index contributed by atoms with van der Waals surface area (Å²) in [4.78, 5) is 26.7. The fraction of sp³-hybridized carbons (Fsp3) is 0.368. The number of rotatable bonds is 5. The maximum Gasteiger partial charge on any atom is 0.227 e. The van der Waals surface area contributed by atoms with E-state index in [-0.39, 0.29) is 24.2 Å². The van der Waals surface area contributed by atoms with Crippen LogP contribution in [0.5, 0.6) is 0 Å². The van der Waals surface area contributed by atoms with Crippen LogP contribution in [0.2, 0.25) is 0 Å². The molecule has 126 valence electrons. The lowest BCUT2D eigenvalue weighted by Gasteiger charge is -2.24. The van der Waals surface area contributed by atoms with E-state index in [1.54, 1.807) is 15.5 Å². The molecule has 1 amide bonds. The van der Waals surface area contributed by atoms with Crippen molar-refractivity contribution < 1.29 is 14.7 Å². The number of amides is 1. The number of aryl methyl sites for hydroxylation is 1. The molecule has 1 aromatic carbocycles. The number of ketones is 1. The second-order valence-electron chi connectivity index (χ2n) is 6.38. The molecule has 1 N–H and O–H groups in total. The minimum absolute atomic E-state index is 0.000823. The first-order chi connectivity index (χ1) is 11.5. The Kier molecular flexibility index (Phi) is 4.81. The first-order valence-corrected chi connectivity index (χ1v) is 8.20. The molecule has 3 rings (SSSR count). The molecule has 0 bridgehead atoms. The Morgan fingerprint density at radius 3 is 2.58 bits per heavy atom. The van der Waals surface area contributed by atoms with Crippen molar-refractivity contribution in [3.8, 4) is 0 Å². The number of likely N-dealkylation sites (tertiary alicyclic amines) is 1. The number of nitrogens with zero attached hydrogens (tertiary/aromatic N) is 2. The fourth-order valence-corrected chi connectivity index (χ4v) is 3.33. The Morgan fingerprint density at radius 2 is 1.92 bits per heavy atom. The minimum atomic E-state index is -0.559. The summed E-state index contributed by atoms with van der Waals surface area (Å²) < 4.78 is 1.78. The van der Waals surface area contributed by atoms with Crippen molar-refractivity contribution in [3.63, 3.8) is 0 Å². The number of β-amino-alcohol motifs (C(OH)–C–C–N with tert-alkyl or cyclic N) is 1. The molecule has 0 spiro atoms. The lowest BCUT2D eigenvalue weighted by atomic mass is 10.0. The molecule has 5 heteroatoms. The van der Waals surface area contributed by atoms with Crippen LogP contribution in [0.3, 0.4) is 0 Å². The molecule has 2 heterocycles. The van der Waals surface area contributed by atoms with Gasteiger partial charge >= 0.3 is 0 Å². The monoisotopic (exact) mass is 326 g/mol. The number of benzene rings is 1. The van der Waals surface area contributed by atoms with Gasteiger partial charge in [-0.2, -0.15) is 0 Å². The van der Waals surface area contributed by atoms with Gasteiger partial charge in [0.15, 0.2) is 5.78 Å². The van der Waals surface area contributed by atoms with Crippen LogP contribution in [0, 0.1) is 0 Å². The number of Topliss-reactive ketones (excluding diaryl/α,β-unsaturated/α-hetero) is 1. The quantitative estimate of drug-likeness (QED) is 0.852. The highest BCUT2D eigenvalue weighted by Gasteiger charge is 2.35. The summed E-state index contributed by atoms with van der Waals surface area (Å²) in [5.74, 6) is -0.0402. The van der Waals surface area contributed by atoms with Gasteiger partial charge in [-0.05, 0) is 24.1 Å². The van der Waals surface area contributed by atoms with Crippen LogP contribution in [0.15, 0.2) is 48.7 Å². The fourth-order valence-electron chi connectivity index (χ4n) is 3.33. The van der Waals surface area contributed by atoms with Crippen LogP contribution in [-0.2, 0) is 18.3 Å². The van der Waals surface area contributed by atoms with Crippen molar-refractivity contribution in [2.45, 2.75) is 31.4 Å². The zero-order valence-electron chi connectivity index (χ0n) is 13.8. The van der Waals surface area contributed by atoms with E-state index >= 15 is 0 Å². The molecule has 2 aromatic rings. The van der Waals surface area contributed by atoms with Gasteiger partial charge < -0.3 is 14.6 Å². The smallest absolute Gasteiger partial charge is 0.227 e. The highest BCUT2D eigenvalue weighted by Crippen LogP contribution is 2.23. The number of carbonyl (C=O) groups excluding carboxylic acids is 2. The van der Waals surface area contributed by atoms with E-state index in [9.17, 15) is 14.7 Å². The Morgan fingerprint density at radius 1 is 1.17 bits per heavy atom. The normalized spacial score (nSPS) is 20.3. The molecule has 5 nitrogen and oxygen atoms in total. The van der Waals surface area contributed by atoms with E-state index < -0.39 is 6.10 Å². The molecule has 1 aliphatic rings. The van der Waals surface area contributed by atoms with E-state index in [0.717, 1.165) is 5.56 Å². The number of hydrogen-bond acceptors (Lipinski definition) is 3. The topological polar surface area (TPSA) is 62.5 Å². The Labute approximate surface area is 141 Å². The van der Waals surface area contributed by atoms with Gasteiger partial charge in [-0.25, -0.2) is 0 Å². The summed E-state index contributed by atoms with van der Waals surface area (Å²) in [5.41, 5.74) is 1.57. The molecule has 0 saturated carbocycles. The van der Waals surface area contributed by atoms with Crippen molar-refractivity contribution in [1.29, 1.82) is 0 Å². The first kappa shape index (κ1) is 16.5. The van der Waals surface area contributed by atoms with Crippen molar-refractivity contribution >= 4 is 11.7 Å². The van der Waals surface area contributed by atoms with Gasteiger partial charge in [-0.15, -0.1) is 0 Å². The average Bonchev–Trinajstić information content (AvgIpc) is 3.14. The maximum atomic E-state index is 12.6. The zero-order chi connectivity index (χ0) is 17.1. The SMILES string of the molecule is Cn1cccc1C(=O)C[C@@H]1C[C@@H](O)CN1C(=O)Cc1ccccc1. The van der Waals surface area contributed by atoms with Crippen LogP contribution in [0.1, 0.15) is 28.9 Å². The third kappa shape index (κ3) is 3.57. The van der Waals surface area contributed by atoms with Gasteiger partial charge in [0.25, 0.3) is 0 Å². The summed E-state index contributed by atoms with van der Waals surface area (Å²) in [7, 11) is 1.83. The van der Waals surface area contributed by atoms with Gasteiger partial charge in [0, 0.05) is 32.3 Å². The molecule has 1 aromatic heterocycles. The van der Waals surface area contributed by atoms with Crippen LogP contribution in [0.25, 0.3) is 0 Å². The molecule has 2 atom stereocenters. The Bertz CT molecular complexity index is 723. The predicted octanol–water partition coefficient (Wildman–Crippen LogP) is 1.80. The molecule has 0 aliphatic carbocycles. The van der Waals surface area contributed by atoms with Gasteiger partial charge in [-0.3, -0.25) is 9.59 Å². The van der Waals surface area contributed by atoms with Crippen LogP contribution >= 0.6 is 0 Å². The molecular weight excluding hydrogens is 304 g/mol. The average molecular weight is 326 g/mol. The molecule has 0 radical (unpaired) electrons. The number of carbonyl (C=O) groups is 2. The summed E-state index contributed by atoms with van der Waals surface area (Å²) >= 11 is 0. The van der Waals surface area contributed by atoms with Crippen molar-refractivity contribution in [2.75, 3.05) is 6.54 Å². The number of aromatic nitrogens is 1.